The molecule has 2 unspecified atom stereocenters. The molecular weight excluding hydrogens is 296 g/mol. The van der Waals surface area contributed by atoms with Gasteiger partial charge >= 0.3 is 0 Å². The molecule has 0 aromatic heterocycles. The minimum absolute atomic E-state index is 0.0599. The Kier molecular flexibility index (Phi) is 4.19. The van der Waals surface area contributed by atoms with Crippen molar-refractivity contribution in [2.45, 2.75) is 51.5 Å². The Morgan fingerprint density at radius 2 is 2.00 bits per heavy atom. The van der Waals surface area contributed by atoms with Crippen molar-refractivity contribution in [2.75, 3.05) is 0 Å². The molecule has 0 radical (unpaired) electrons. The summed E-state index contributed by atoms with van der Waals surface area (Å²) in [5.74, 6) is -1.68. The third kappa shape index (κ3) is 3.00. The molecule has 2 aliphatic rings. The number of Topliss-reactive ketones (excluding diaryl/α,β-unsaturated/α-hetero) is 1. The smallest absolute Gasteiger partial charge is 0.160 e. The van der Waals surface area contributed by atoms with Crippen LogP contribution in [0, 0.1) is 11.6 Å². The summed E-state index contributed by atoms with van der Waals surface area (Å²) in [4.78, 5) is 12.4. The van der Waals surface area contributed by atoms with Crippen LogP contribution in [-0.4, -0.2) is 11.8 Å². The molecule has 122 valence electrons. The molecular formula is C19H21F2NO. The molecule has 0 spiro atoms. The SMILES string of the molecule is CC1=C(C)CC(C(=O)CC(N)C2CCc3cc(F)c(F)cc32)=C1. The number of carbonyl (C=O) groups excluding carboxylic acids is 1. The third-order valence-electron chi connectivity index (χ3n) is 5.12. The summed E-state index contributed by atoms with van der Waals surface area (Å²) in [6.45, 7) is 4.02. The maximum atomic E-state index is 13.5. The molecule has 0 bridgehead atoms. The van der Waals surface area contributed by atoms with Gasteiger partial charge in [-0.2, -0.15) is 0 Å². The van der Waals surface area contributed by atoms with Gasteiger partial charge in [0, 0.05) is 18.4 Å². The van der Waals surface area contributed by atoms with Gasteiger partial charge in [-0.05, 0) is 61.9 Å². The Morgan fingerprint density at radius 1 is 1.30 bits per heavy atom. The first-order chi connectivity index (χ1) is 10.9. The second-order valence-electron chi connectivity index (χ2n) is 6.71. The van der Waals surface area contributed by atoms with Crippen molar-refractivity contribution in [3.63, 3.8) is 0 Å². The van der Waals surface area contributed by atoms with E-state index in [0.29, 0.717) is 12.8 Å². The summed E-state index contributed by atoms with van der Waals surface area (Å²) < 4.78 is 26.8. The highest BCUT2D eigenvalue weighted by Gasteiger charge is 2.31. The number of fused-ring (bicyclic) bond motifs is 1. The number of nitrogens with two attached hydrogens (primary N) is 1. The van der Waals surface area contributed by atoms with Gasteiger partial charge in [0.15, 0.2) is 17.4 Å². The predicted molar refractivity (Wildman–Crippen MR) is 86.1 cm³/mol. The van der Waals surface area contributed by atoms with E-state index in [0.717, 1.165) is 28.7 Å². The lowest BCUT2D eigenvalue weighted by molar-refractivity contribution is -0.116. The van der Waals surface area contributed by atoms with E-state index < -0.39 is 11.6 Å². The molecule has 2 atom stereocenters. The predicted octanol–water partition coefficient (Wildman–Crippen LogP) is 3.95. The van der Waals surface area contributed by atoms with Gasteiger partial charge in [0.2, 0.25) is 0 Å². The molecule has 0 aliphatic heterocycles. The first-order valence-electron chi connectivity index (χ1n) is 8.00. The van der Waals surface area contributed by atoms with Crippen LogP contribution in [0.15, 0.2) is 34.9 Å². The van der Waals surface area contributed by atoms with Gasteiger partial charge in [-0.3, -0.25) is 4.79 Å². The molecule has 0 fully saturated rings. The van der Waals surface area contributed by atoms with Crippen LogP contribution in [0.1, 0.15) is 50.2 Å². The van der Waals surface area contributed by atoms with E-state index >= 15 is 0 Å². The molecule has 1 aromatic rings. The summed E-state index contributed by atoms with van der Waals surface area (Å²) in [6, 6.07) is 2.14. The average Bonchev–Trinajstić information content (AvgIpc) is 3.04. The Balaban J connectivity index is 1.72. The number of hydrogen-bond acceptors (Lipinski definition) is 2. The van der Waals surface area contributed by atoms with Gasteiger partial charge in [-0.25, -0.2) is 8.78 Å². The van der Waals surface area contributed by atoms with E-state index in [-0.39, 0.29) is 24.2 Å². The maximum absolute atomic E-state index is 13.5. The molecule has 2 nitrogen and oxygen atoms in total. The van der Waals surface area contributed by atoms with Crippen molar-refractivity contribution in [3.8, 4) is 0 Å². The van der Waals surface area contributed by atoms with E-state index in [1.165, 1.54) is 17.7 Å². The zero-order valence-electron chi connectivity index (χ0n) is 13.5. The minimum Gasteiger partial charge on any atom is -0.327 e. The Morgan fingerprint density at radius 3 is 2.65 bits per heavy atom. The largest absolute Gasteiger partial charge is 0.327 e. The highest BCUT2D eigenvalue weighted by molar-refractivity contribution is 5.97. The highest BCUT2D eigenvalue weighted by Crippen LogP contribution is 2.37. The first-order valence-corrected chi connectivity index (χ1v) is 8.00. The van der Waals surface area contributed by atoms with Crippen molar-refractivity contribution in [1.82, 2.24) is 0 Å². The van der Waals surface area contributed by atoms with Gasteiger partial charge < -0.3 is 5.73 Å². The van der Waals surface area contributed by atoms with Crippen molar-refractivity contribution >= 4 is 5.78 Å². The van der Waals surface area contributed by atoms with Crippen molar-refractivity contribution in [2.24, 2.45) is 5.73 Å². The number of hydrogen-bond donors (Lipinski definition) is 1. The van der Waals surface area contributed by atoms with Crippen molar-refractivity contribution in [1.29, 1.82) is 0 Å². The first kappa shape index (κ1) is 16.1. The molecule has 0 heterocycles. The fourth-order valence-electron chi connectivity index (χ4n) is 3.60. The number of aryl methyl sites for hydroxylation is 1. The molecule has 23 heavy (non-hydrogen) atoms. The van der Waals surface area contributed by atoms with Crippen molar-refractivity contribution in [3.05, 3.63) is 57.7 Å². The van der Waals surface area contributed by atoms with Crippen molar-refractivity contribution < 1.29 is 13.6 Å². The summed E-state index contributed by atoms with van der Waals surface area (Å²) in [6.07, 6.45) is 4.29. The van der Waals surface area contributed by atoms with Gasteiger partial charge in [-0.15, -0.1) is 0 Å². The third-order valence-corrected chi connectivity index (χ3v) is 5.12. The molecule has 1 aromatic carbocycles. The van der Waals surface area contributed by atoms with Gasteiger partial charge in [-0.1, -0.05) is 17.2 Å². The molecule has 0 saturated carbocycles. The summed E-state index contributed by atoms with van der Waals surface area (Å²) in [7, 11) is 0. The second kappa shape index (κ2) is 6.00. The monoisotopic (exact) mass is 317 g/mol. The summed E-state index contributed by atoms with van der Waals surface area (Å²) in [5, 5.41) is 0. The number of rotatable bonds is 4. The second-order valence-corrected chi connectivity index (χ2v) is 6.71. The minimum atomic E-state index is -0.844. The molecule has 3 rings (SSSR count). The lowest BCUT2D eigenvalue weighted by Gasteiger charge is -2.20. The van der Waals surface area contributed by atoms with Crippen LogP contribution < -0.4 is 5.73 Å². The molecule has 2 N–H and O–H groups in total. The van der Waals surface area contributed by atoms with Crippen LogP contribution in [0.4, 0.5) is 8.78 Å². The Bertz CT molecular complexity index is 733. The van der Waals surface area contributed by atoms with E-state index in [1.807, 2.05) is 19.9 Å². The maximum Gasteiger partial charge on any atom is 0.160 e. The number of allylic oxidation sites excluding steroid dienone is 4. The zero-order chi connectivity index (χ0) is 16.7. The van der Waals surface area contributed by atoms with E-state index in [2.05, 4.69) is 0 Å². The number of benzene rings is 1. The van der Waals surface area contributed by atoms with Crippen LogP contribution in [0.25, 0.3) is 0 Å². The van der Waals surface area contributed by atoms with Crippen LogP contribution in [-0.2, 0) is 11.2 Å². The zero-order valence-corrected chi connectivity index (χ0v) is 13.5. The van der Waals surface area contributed by atoms with Gasteiger partial charge in [0.25, 0.3) is 0 Å². The van der Waals surface area contributed by atoms with E-state index in [1.54, 1.807) is 0 Å². The van der Waals surface area contributed by atoms with Gasteiger partial charge in [0.05, 0.1) is 0 Å². The molecule has 0 amide bonds. The lowest BCUT2D eigenvalue weighted by atomic mass is 9.89. The fraction of sp³-hybridized carbons (Fsp3) is 0.421. The van der Waals surface area contributed by atoms with E-state index in [9.17, 15) is 13.6 Å². The van der Waals surface area contributed by atoms with Crippen LogP contribution in [0.5, 0.6) is 0 Å². The van der Waals surface area contributed by atoms with Gasteiger partial charge in [0.1, 0.15) is 0 Å². The lowest BCUT2D eigenvalue weighted by Crippen LogP contribution is -2.30. The Hall–Kier alpha value is -1.81. The van der Waals surface area contributed by atoms with Crippen LogP contribution in [0.2, 0.25) is 0 Å². The Labute approximate surface area is 135 Å². The number of carbonyl (C=O) groups is 1. The molecule has 0 saturated heterocycles. The van der Waals surface area contributed by atoms with Crippen LogP contribution >= 0.6 is 0 Å². The van der Waals surface area contributed by atoms with Crippen LogP contribution in [0.3, 0.4) is 0 Å². The number of ketones is 1. The quantitative estimate of drug-likeness (QED) is 0.914. The average molecular weight is 317 g/mol. The summed E-state index contributed by atoms with van der Waals surface area (Å²) >= 11 is 0. The summed E-state index contributed by atoms with van der Waals surface area (Å²) in [5.41, 5.74) is 11.0. The molecule has 4 heteroatoms. The number of halogens is 2. The topological polar surface area (TPSA) is 43.1 Å². The fourth-order valence-corrected chi connectivity index (χ4v) is 3.60. The standard InChI is InChI=1S/C19H21F2NO/c1-10-5-13(6-11(10)2)19(23)9-18(22)14-4-3-12-7-16(20)17(21)8-15(12)14/h5,7-8,14,18H,3-4,6,9,22H2,1-2H3. The molecule has 2 aliphatic carbocycles. The normalized spacial score (nSPS) is 21.4. The van der Waals surface area contributed by atoms with E-state index in [4.69, 9.17) is 5.73 Å². The highest BCUT2D eigenvalue weighted by atomic mass is 19.2.